The Balaban J connectivity index is 0. The van der Waals surface area contributed by atoms with Crippen molar-refractivity contribution in [1.82, 2.24) is 0 Å². The topological polar surface area (TPSA) is 98.7 Å². The number of hydrogen-bond donors (Lipinski definition) is 0. The monoisotopic (exact) mass is 387 g/mol. The molecule has 0 N–H and O–H groups in total. The first-order valence-electron chi connectivity index (χ1n) is 1.63. The van der Waals surface area contributed by atoms with Crippen molar-refractivity contribution in [2.75, 3.05) is 0 Å². The SMILES string of the molecule is O=C([O-])[O-].O=C1[O][Pb][O]1.[Co+2]. The summed E-state index contributed by atoms with van der Waals surface area (Å²) in [7, 11) is 0. The molecular formula is C2CoO6Pb. The summed E-state index contributed by atoms with van der Waals surface area (Å²) >= 11 is -1.16. The molecule has 0 spiro atoms. The van der Waals surface area contributed by atoms with E-state index in [9.17, 15) is 4.79 Å². The first-order valence-corrected chi connectivity index (χ1v) is 4.81. The van der Waals surface area contributed by atoms with Crippen molar-refractivity contribution in [2.24, 2.45) is 0 Å². The Morgan fingerprint density at radius 1 is 1.40 bits per heavy atom. The van der Waals surface area contributed by atoms with Crippen molar-refractivity contribution >= 4 is 37.5 Å². The Morgan fingerprint density at radius 2 is 1.60 bits per heavy atom. The molecule has 0 aliphatic carbocycles. The van der Waals surface area contributed by atoms with Gasteiger partial charge in [0.15, 0.2) is 0 Å². The maximum atomic E-state index is 9.50. The van der Waals surface area contributed by atoms with Crippen molar-refractivity contribution in [3.8, 4) is 0 Å². The zero-order chi connectivity index (χ0) is 7.28. The third kappa shape index (κ3) is 10.9. The van der Waals surface area contributed by atoms with E-state index in [1.807, 2.05) is 0 Å². The summed E-state index contributed by atoms with van der Waals surface area (Å²) in [5.41, 5.74) is 0. The Hall–Kier alpha value is -0.0314. The van der Waals surface area contributed by atoms with Gasteiger partial charge in [-0.05, 0) is 6.16 Å². The predicted octanol–water partition coefficient (Wildman–Crippen LogP) is -2.76. The van der Waals surface area contributed by atoms with E-state index < -0.39 is 37.5 Å². The van der Waals surface area contributed by atoms with Crippen LogP contribution < -0.4 is 10.2 Å². The van der Waals surface area contributed by atoms with Crippen LogP contribution in [0, 0.1) is 0 Å². The largest absolute Gasteiger partial charge is 2.00 e. The first-order chi connectivity index (χ1) is 4.13. The van der Waals surface area contributed by atoms with Crippen LogP contribution in [-0.2, 0) is 22.2 Å². The van der Waals surface area contributed by atoms with E-state index in [1.54, 1.807) is 0 Å². The molecule has 1 aliphatic heterocycles. The van der Waals surface area contributed by atoms with Gasteiger partial charge < -0.3 is 15.0 Å². The zero-order valence-electron chi connectivity index (χ0n) is 4.28. The Bertz CT molecular complexity index is 115. The first kappa shape index (κ1) is 12.6. The van der Waals surface area contributed by atoms with Crippen LogP contribution in [0.15, 0.2) is 0 Å². The van der Waals surface area contributed by atoms with Crippen molar-refractivity contribution in [3.05, 3.63) is 0 Å². The second kappa shape index (κ2) is 7.08. The Morgan fingerprint density at radius 3 is 1.60 bits per heavy atom. The summed E-state index contributed by atoms with van der Waals surface area (Å²) in [6.45, 7) is 0. The standard InChI is InChI=1S/2CH2O3.Co.Pb/c2*2-1(3)4;;/h2*(H2,2,3,4);;/q;;2*+2/p-4. The van der Waals surface area contributed by atoms with Gasteiger partial charge in [-0.3, -0.25) is 0 Å². The van der Waals surface area contributed by atoms with Crippen LogP contribution in [0.5, 0.6) is 0 Å². The van der Waals surface area contributed by atoms with E-state index in [1.165, 1.54) is 0 Å². The van der Waals surface area contributed by atoms with Crippen molar-refractivity contribution in [3.63, 3.8) is 0 Å². The van der Waals surface area contributed by atoms with E-state index >= 15 is 0 Å². The van der Waals surface area contributed by atoms with Crippen LogP contribution in [-0.4, -0.2) is 37.5 Å². The third-order valence-electron chi connectivity index (χ3n) is 0.250. The molecule has 1 fully saturated rings. The number of carbonyl (C=O) groups excluding carboxylic acids is 2. The number of hydrogen-bond acceptors (Lipinski definition) is 6. The molecule has 0 atom stereocenters. The average Bonchev–Trinajstić information content (AvgIpc) is 1.59. The van der Waals surface area contributed by atoms with Crippen molar-refractivity contribution in [1.29, 1.82) is 0 Å². The molecule has 0 aromatic heterocycles. The minimum absolute atomic E-state index is 0. The van der Waals surface area contributed by atoms with Crippen LogP contribution in [0.2, 0.25) is 0 Å². The third-order valence-corrected chi connectivity index (χ3v) is 2.19. The molecule has 0 saturated carbocycles. The molecule has 1 saturated heterocycles. The molecule has 1 heterocycles. The number of rotatable bonds is 0. The predicted molar refractivity (Wildman–Crippen MR) is 18.7 cm³/mol. The van der Waals surface area contributed by atoms with Gasteiger partial charge in [0.1, 0.15) is 0 Å². The van der Waals surface area contributed by atoms with Crippen LogP contribution in [0.3, 0.4) is 0 Å². The van der Waals surface area contributed by atoms with Gasteiger partial charge >= 0.3 is 58.2 Å². The van der Waals surface area contributed by atoms with Crippen LogP contribution >= 0.6 is 0 Å². The minimum Gasteiger partial charge on any atom is 2.00 e. The minimum atomic E-state index is -2.33. The fourth-order valence-electron chi connectivity index (χ4n) is 0.0757. The summed E-state index contributed by atoms with van der Waals surface area (Å²) in [6.07, 6.45) is -2.81. The molecule has 1 rings (SSSR count). The second-order valence-corrected chi connectivity index (χ2v) is 3.02. The quantitative estimate of drug-likeness (QED) is 0.419. The molecule has 0 unspecified atom stereocenters. The summed E-state index contributed by atoms with van der Waals surface area (Å²) in [6, 6.07) is 0. The van der Waals surface area contributed by atoms with Gasteiger partial charge in [-0.2, -0.15) is 0 Å². The van der Waals surface area contributed by atoms with Crippen molar-refractivity contribution < 1.29 is 42.0 Å². The molecule has 0 aromatic carbocycles. The molecule has 3 radical (unpaired) electrons. The fourth-order valence-corrected chi connectivity index (χ4v) is 0.664. The molecule has 1 aliphatic rings. The summed E-state index contributed by atoms with van der Waals surface area (Å²) in [4.78, 5) is 17.8. The zero-order valence-corrected chi connectivity index (χ0v) is 9.21. The number of carboxylic acid groups (broad SMARTS) is 2. The molecule has 0 amide bonds. The number of carbonyl (C=O) groups is 2. The molecule has 10 heavy (non-hydrogen) atoms. The fraction of sp³-hybridized carbons (Fsp3) is 0. The Kier molecular flexibility index (Phi) is 8.94. The molecule has 6 nitrogen and oxygen atoms in total. The van der Waals surface area contributed by atoms with Gasteiger partial charge in [-0.1, -0.05) is 0 Å². The maximum absolute atomic E-state index is 9.50. The molecule has 0 aromatic rings. The average molecular weight is 386 g/mol. The summed E-state index contributed by atoms with van der Waals surface area (Å²) in [5.74, 6) is 0. The maximum Gasteiger partial charge on any atom is 2.00 e. The van der Waals surface area contributed by atoms with E-state index in [-0.39, 0.29) is 16.8 Å². The van der Waals surface area contributed by atoms with E-state index in [0.717, 1.165) is 0 Å². The van der Waals surface area contributed by atoms with Crippen molar-refractivity contribution in [2.45, 2.75) is 0 Å². The Labute approximate surface area is 79.2 Å². The molecule has 57 valence electrons. The van der Waals surface area contributed by atoms with Gasteiger partial charge in [0.2, 0.25) is 0 Å². The molecule has 8 heteroatoms. The van der Waals surface area contributed by atoms with Crippen LogP contribution in [0.25, 0.3) is 0 Å². The van der Waals surface area contributed by atoms with Gasteiger partial charge in [0.05, 0.1) is 0 Å². The smallest absolute Gasteiger partial charge is 2.00 e. The molecular weight excluding hydrogens is 386 g/mol. The van der Waals surface area contributed by atoms with E-state index in [4.69, 9.17) is 15.0 Å². The van der Waals surface area contributed by atoms with Gasteiger partial charge in [-0.25, -0.2) is 0 Å². The van der Waals surface area contributed by atoms with Crippen LogP contribution in [0.1, 0.15) is 0 Å². The van der Waals surface area contributed by atoms with E-state index in [2.05, 4.69) is 5.37 Å². The van der Waals surface area contributed by atoms with Gasteiger partial charge in [0, 0.05) is 0 Å². The van der Waals surface area contributed by atoms with Crippen LogP contribution in [0.4, 0.5) is 9.59 Å². The normalized spacial score (nSPS) is 11.8. The summed E-state index contributed by atoms with van der Waals surface area (Å²) in [5, 5.41) is 16.7. The summed E-state index contributed by atoms with van der Waals surface area (Å²) < 4.78 is 8.53. The molecule has 0 bridgehead atoms. The second-order valence-electron chi connectivity index (χ2n) is 0.787. The van der Waals surface area contributed by atoms with E-state index in [0.29, 0.717) is 0 Å². The van der Waals surface area contributed by atoms with Gasteiger partial charge in [-0.15, -0.1) is 0 Å². The van der Waals surface area contributed by atoms with Gasteiger partial charge in [0.25, 0.3) is 0 Å².